The standard InChI is InChI=1S/C8H13O/c1-3-4-8-5-7(2)9-6-8/h3,7-8H,1-2,4-6H2. The van der Waals surface area contributed by atoms with Gasteiger partial charge in [0.25, 0.3) is 0 Å². The van der Waals surface area contributed by atoms with Crippen molar-refractivity contribution in [2.24, 2.45) is 5.92 Å². The first kappa shape index (κ1) is 6.81. The summed E-state index contributed by atoms with van der Waals surface area (Å²) in [6.07, 6.45) is 4.36. The van der Waals surface area contributed by atoms with Crippen LogP contribution < -0.4 is 0 Å². The Morgan fingerprint density at radius 1 is 1.67 bits per heavy atom. The number of rotatable bonds is 2. The summed E-state index contributed by atoms with van der Waals surface area (Å²) in [7, 11) is 0. The van der Waals surface area contributed by atoms with Crippen LogP contribution in [0.4, 0.5) is 0 Å². The molecule has 1 aliphatic heterocycles. The lowest BCUT2D eigenvalue weighted by Gasteiger charge is -1.99. The lowest BCUT2D eigenvalue weighted by molar-refractivity contribution is 0.137. The van der Waals surface area contributed by atoms with E-state index in [9.17, 15) is 0 Å². The molecule has 0 bridgehead atoms. The first-order valence-corrected chi connectivity index (χ1v) is 3.38. The van der Waals surface area contributed by atoms with Gasteiger partial charge in [0, 0.05) is 0 Å². The summed E-state index contributed by atoms with van der Waals surface area (Å²) in [6.45, 7) is 8.36. The predicted molar refractivity (Wildman–Crippen MR) is 38.0 cm³/mol. The highest BCUT2D eigenvalue weighted by Gasteiger charge is 2.19. The van der Waals surface area contributed by atoms with E-state index in [1.807, 2.05) is 6.08 Å². The van der Waals surface area contributed by atoms with Gasteiger partial charge in [-0.05, 0) is 25.7 Å². The Morgan fingerprint density at radius 2 is 2.44 bits per heavy atom. The SMILES string of the molecule is [CH2]C1CC(CC=C)CO1. The summed E-state index contributed by atoms with van der Waals surface area (Å²) in [6, 6.07) is 0. The molecule has 1 heteroatoms. The van der Waals surface area contributed by atoms with Gasteiger partial charge >= 0.3 is 0 Å². The van der Waals surface area contributed by atoms with Crippen molar-refractivity contribution in [1.29, 1.82) is 0 Å². The molecule has 2 unspecified atom stereocenters. The maximum atomic E-state index is 5.26. The maximum Gasteiger partial charge on any atom is 0.0579 e. The van der Waals surface area contributed by atoms with Crippen LogP contribution in [0.25, 0.3) is 0 Å². The van der Waals surface area contributed by atoms with E-state index in [-0.39, 0.29) is 6.10 Å². The summed E-state index contributed by atoms with van der Waals surface area (Å²) in [5.74, 6) is 0.685. The Labute approximate surface area is 56.7 Å². The van der Waals surface area contributed by atoms with Gasteiger partial charge in [0.2, 0.25) is 0 Å². The summed E-state index contributed by atoms with van der Waals surface area (Å²) in [5, 5.41) is 0. The molecule has 0 aliphatic carbocycles. The molecule has 0 spiro atoms. The second-order valence-electron chi connectivity index (χ2n) is 2.58. The third-order valence-corrected chi connectivity index (χ3v) is 1.66. The smallest absolute Gasteiger partial charge is 0.0579 e. The fraction of sp³-hybridized carbons (Fsp3) is 0.625. The van der Waals surface area contributed by atoms with E-state index in [0.717, 1.165) is 19.4 Å². The van der Waals surface area contributed by atoms with Crippen LogP contribution in [-0.4, -0.2) is 12.7 Å². The van der Waals surface area contributed by atoms with Gasteiger partial charge in [0.1, 0.15) is 0 Å². The Balaban J connectivity index is 2.21. The van der Waals surface area contributed by atoms with Crippen molar-refractivity contribution in [1.82, 2.24) is 0 Å². The highest BCUT2D eigenvalue weighted by molar-refractivity contribution is 4.80. The molecule has 9 heavy (non-hydrogen) atoms. The van der Waals surface area contributed by atoms with Gasteiger partial charge in [0.15, 0.2) is 0 Å². The second-order valence-corrected chi connectivity index (χ2v) is 2.58. The molecule has 0 amide bonds. The van der Waals surface area contributed by atoms with Crippen molar-refractivity contribution in [3.63, 3.8) is 0 Å². The van der Waals surface area contributed by atoms with Gasteiger partial charge in [-0.3, -0.25) is 0 Å². The minimum absolute atomic E-state index is 0.231. The zero-order valence-electron chi connectivity index (χ0n) is 5.68. The molecule has 1 saturated heterocycles. The topological polar surface area (TPSA) is 9.23 Å². The van der Waals surface area contributed by atoms with Crippen LogP contribution in [0.3, 0.4) is 0 Å². The number of hydrogen-bond acceptors (Lipinski definition) is 1. The molecule has 1 heterocycles. The van der Waals surface area contributed by atoms with Gasteiger partial charge in [-0.2, -0.15) is 0 Å². The Kier molecular flexibility index (Phi) is 2.29. The fourth-order valence-electron chi connectivity index (χ4n) is 1.18. The minimum Gasteiger partial charge on any atom is -0.378 e. The Bertz CT molecular complexity index is 98.7. The summed E-state index contributed by atoms with van der Waals surface area (Å²) in [5.41, 5.74) is 0. The molecule has 0 saturated carbocycles. The van der Waals surface area contributed by atoms with Crippen molar-refractivity contribution in [2.45, 2.75) is 18.9 Å². The largest absolute Gasteiger partial charge is 0.378 e. The van der Waals surface area contributed by atoms with Crippen LogP contribution in [0.2, 0.25) is 0 Å². The first-order valence-electron chi connectivity index (χ1n) is 3.38. The highest BCUT2D eigenvalue weighted by atomic mass is 16.5. The molecular weight excluding hydrogens is 112 g/mol. The van der Waals surface area contributed by atoms with Crippen LogP contribution in [0.15, 0.2) is 12.7 Å². The average Bonchev–Trinajstić information content (AvgIpc) is 2.17. The Hall–Kier alpha value is -0.300. The van der Waals surface area contributed by atoms with Gasteiger partial charge in [-0.1, -0.05) is 6.08 Å². The summed E-state index contributed by atoms with van der Waals surface area (Å²) >= 11 is 0. The van der Waals surface area contributed by atoms with E-state index in [4.69, 9.17) is 4.74 Å². The molecule has 0 aromatic rings. The lowest BCUT2D eigenvalue weighted by atomic mass is 10.0. The van der Waals surface area contributed by atoms with Crippen molar-refractivity contribution < 1.29 is 4.74 Å². The zero-order valence-corrected chi connectivity index (χ0v) is 5.68. The van der Waals surface area contributed by atoms with Crippen molar-refractivity contribution in [3.8, 4) is 0 Å². The molecule has 1 fully saturated rings. The van der Waals surface area contributed by atoms with Crippen LogP contribution in [-0.2, 0) is 4.74 Å². The van der Waals surface area contributed by atoms with Crippen LogP contribution in [0.1, 0.15) is 12.8 Å². The second kappa shape index (κ2) is 3.02. The predicted octanol–water partition coefficient (Wildman–Crippen LogP) is 1.80. The normalized spacial score (nSPS) is 34.8. The third-order valence-electron chi connectivity index (χ3n) is 1.66. The molecule has 0 N–H and O–H groups in total. The van der Waals surface area contributed by atoms with E-state index < -0.39 is 0 Å². The third kappa shape index (κ3) is 1.83. The molecule has 1 aliphatic rings. The number of ether oxygens (including phenoxy) is 1. The maximum absolute atomic E-state index is 5.26. The van der Waals surface area contributed by atoms with Crippen LogP contribution in [0, 0.1) is 12.8 Å². The average molecular weight is 125 g/mol. The van der Waals surface area contributed by atoms with Crippen molar-refractivity contribution >= 4 is 0 Å². The van der Waals surface area contributed by atoms with E-state index in [1.54, 1.807) is 0 Å². The van der Waals surface area contributed by atoms with Gasteiger partial charge in [-0.15, -0.1) is 6.58 Å². The van der Waals surface area contributed by atoms with Gasteiger partial charge in [0.05, 0.1) is 12.7 Å². The highest BCUT2D eigenvalue weighted by Crippen LogP contribution is 2.21. The van der Waals surface area contributed by atoms with Crippen LogP contribution >= 0.6 is 0 Å². The lowest BCUT2D eigenvalue weighted by Crippen LogP contribution is -1.96. The molecular formula is C8H13O. The zero-order chi connectivity index (χ0) is 6.69. The Morgan fingerprint density at radius 3 is 2.89 bits per heavy atom. The monoisotopic (exact) mass is 125 g/mol. The summed E-state index contributed by atoms with van der Waals surface area (Å²) < 4.78 is 5.26. The molecule has 1 rings (SSSR count). The molecule has 1 radical (unpaired) electrons. The molecule has 0 aromatic heterocycles. The molecule has 0 aromatic carbocycles. The summed E-state index contributed by atoms with van der Waals surface area (Å²) in [4.78, 5) is 0. The number of allylic oxidation sites excluding steroid dienone is 1. The van der Waals surface area contributed by atoms with Crippen molar-refractivity contribution in [2.75, 3.05) is 6.61 Å². The van der Waals surface area contributed by atoms with Gasteiger partial charge < -0.3 is 4.74 Å². The van der Waals surface area contributed by atoms with E-state index in [1.165, 1.54) is 0 Å². The van der Waals surface area contributed by atoms with E-state index in [0.29, 0.717) is 5.92 Å². The van der Waals surface area contributed by atoms with Crippen molar-refractivity contribution in [3.05, 3.63) is 19.6 Å². The van der Waals surface area contributed by atoms with Gasteiger partial charge in [-0.25, -0.2) is 0 Å². The number of hydrogen-bond donors (Lipinski definition) is 0. The quantitative estimate of drug-likeness (QED) is 0.511. The fourth-order valence-corrected chi connectivity index (χ4v) is 1.18. The molecule has 51 valence electrons. The van der Waals surface area contributed by atoms with E-state index in [2.05, 4.69) is 13.5 Å². The minimum atomic E-state index is 0.231. The molecule has 1 nitrogen and oxygen atoms in total. The first-order chi connectivity index (χ1) is 4.33. The van der Waals surface area contributed by atoms with Crippen LogP contribution in [0.5, 0.6) is 0 Å². The van der Waals surface area contributed by atoms with E-state index >= 15 is 0 Å². The molecule has 2 atom stereocenters.